The van der Waals surface area contributed by atoms with Crippen LogP contribution in [0.2, 0.25) is 0 Å². The molecular formula is C74H48S2. The summed E-state index contributed by atoms with van der Waals surface area (Å²) in [7, 11) is 0. The third-order valence-electron chi connectivity index (χ3n) is 16.7. The number of hydrogen-bond donors (Lipinski definition) is 0. The largest absolute Gasteiger partial charge is 0.135 e. The summed E-state index contributed by atoms with van der Waals surface area (Å²) in [5.74, 6) is 0. The highest BCUT2D eigenvalue weighted by Gasteiger charge is 2.22. The van der Waals surface area contributed by atoms with E-state index in [-0.39, 0.29) is 0 Å². The van der Waals surface area contributed by atoms with Gasteiger partial charge in [-0.15, -0.1) is 22.7 Å². The lowest BCUT2D eigenvalue weighted by atomic mass is 9.82. The molecule has 0 aliphatic heterocycles. The van der Waals surface area contributed by atoms with Gasteiger partial charge in [-0.3, -0.25) is 0 Å². The van der Waals surface area contributed by atoms with Gasteiger partial charge >= 0.3 is 0 Å². The molecule has 0 nitrogen and oxygen atoms in total. The van der Waals surface area contributed by atoms with Crippen LogP contribution in [-0.4, -0.2) is 0 Å². The lowest BCUT2D eigenvalue weighted by molar-refractivity contribution is 1.06. The maximum absolute atomic E-state index is 2.46. The van der Waals surface area contributed by atoms with Gasteiger partial charge in [0.2, 0.25) is 0 Å². The number of thiophene rings is 2. The van der Waals surface area contributed by atoms with Crippen LogP contribution in [0.5, 0.6) is 0 Å². The number of fused-ring (bicyclic) bond motifs is 13. The van der Waals surface area contributed by atoms with Gasteiger partial charge in [-0.1, -0.05) is 218 Å². The smallest absolute Gasteiger partial charge is 0.0361 e. The molecule has 356 valence electrons. The summed E-state index contributed by atoms with van der Waals surface area (Å²) >= 11 is 3.84. The second-order valence-corrected chi connectivity index (χ2v) is 22.9. The monoisotopic (exact) mass is 1000 g/mol. The fourth-order valence-corrected chi connectivity index (χ4v) is 15.6. The van der Waals surface area contributed by atoms with E-state index in [1.54, 1.807) is 0 Å². The zero-order chi connectivity index (χ0) is 49.8. The van der Waals surface area contributed by atoms with Crippen LogP contribution in [-0.2, 0) is 0 Å². The quantitative estimate of drug-likeness (QED) is 0.146. The minimum absolute atomic E-state index is 1.000. The lowest BCUT2D eigenvalue weighted by Crippen LogP contribution is -1.97. The van der Waals surface area contributed by atoms with E-state index in [0.29, 0.717) is 0 Å². The Morgan fingerprint density at radius 3 is 1.13 bits per heavy atom. The summed E-state index contributed by atoms with van der Waals surface area (Å²) in [6.45, 7) is 0. The molecule has 0 amide bonds. The van der Waals surface area contributed by atoms with Crippen LogP contribution in [0.15, 0.2) is 243 Å². The summed E-state index contributed by atoms with van der Waals surface area (Å²) in [6, 6.07) is 80.1. The average Bonchev–Trinajstić information content (AvgIpc) is 4.08. The van der Waals surface area contributed by atoms with Crippen LogP contribution >= 0.6 is 22.7 Å². The Labute approximate surface area is 449 Å². The molecule has 0 spiro atoms. The van der Waals surface area contributed by atoms with E-state index in [4.69, 9.17) is 0 Å². The minimum atomic E-state index is 1.000. The van der Waals surface area contributed by atoms with Crippen molar-refractivity contribution in [3.05, 3.63) is 259 Å². The molecule has 0 bridgehead atoms. The Balaban J connectivity index is 0.735. The van der Waals surface area contributed by atoms with E-state index >= 15 is 0 Å². The summed E-state index contributed by atoms with van der Waals surface area (Å²) in [4.78, 5) is 0. The second kappa shape index (κ2) is 17.5. The van der Waals surface area contributed by atoms with Gasteiger partial charge in [-0.2, -0.15) is 0 Å². The fraction of sp³-hybridized carbons (Fsp3) is 0.0541. The summed E-state index contributed by atoms with van der Waals surface area (Å²) in [5.41, 5.74) is 15.9. The molecule has 0 N–H and O–H groups in total. The third kappa shape index (κ3) is 6.81. The van der Waals surface area contributed by atoms with Crippen molar-refractivity contribution in [3.63, 3.8) is 0 Å². The summed E-state index contributed by atoms with van der Waals surface area (Å²) in [6.07, 6.45) is 15.8. The Bertz CT molecular complexity index is 4780. The first-order chi connectivity index (χ1) is 37.7. The molecule has 0 saturated heterocycles. The third-order valence-corrected chi connectivity index (χ3v) is 18.9. The SMILES string of the molecule is C1=CCCC(c2c3ccccc3c(-c3ccc(-c4ccc5c(c4)sc4ccc6c(ccc7sc8cc(C9=CC=C(c%10c%11ccccc%11c(-c%11ccccc%11)c%11ccccc%10%11)CC9)ccc8c76)c45)cc3)c3ccccc23)=C1. The predicted molar refractivity (Wildman–Crippen MR) is 334 cm³/mol. The fourth-order valence-electron chi connectivity index (χ4n) is 13.2. The number of hydrogen-bond acceptors (Lipinski definition) is 2. The minimum Gasteiger partial charge on any atom is -0.135 e. The van der Waals surface area contributed by atoms with E-state index in [1.165, 1.54) is 161 Å². The number of benzene rings is 12. The molecule has 0 fully saturated rings. The van der Waals surface area contributed by atoms with Crippen LogP contribution in [0.25, 0.3) is 144 Å². The molecular weight excluding hydrogens is 953 g/mol. The van der Waals surface area contributed by atoms with E-state index in [1.807, 2.05) is 22.7 Å². The zero-order valence-corrected chi connectivity index (χ0v) is 43.4. The van der Waals surface area contributed by atoms with Crippen LogP contribution in [0.1, 0.15) is 42.4 Å². The van der Waals surface area contributed by atoms with E-state index in [9.17, 15) is 0 Å². The highest BCUT2D eigenvalue weighted by atomic mass is 32.1. The molecule has 2 heterocycles. The molecule has 2 aliphatic carbocycles. The highest BCUT2D eigenvalue weighted by Crippen LogP contribution is 2.49. The van der Waals surface area contributed by atoms with E-state index in [2.05, 4.69) is 243 Å². The number of allylic oxidation sites excluding steroid dienone is 8. The maximum Gasteiger partial charge on any atom is 0.0361 e. The van der Waals surface area contributed by atoms with Gasteiger partial charge < -0.3 is 0 Å². The highest BCUT2D eigenvalue weighted by molar-refractivity contribution is 7.26. The first-order valence-corrected chi connectivity index (χ1v) is 28.4. The average molecular weight is 1000 g/mol. The first kappa shape index (κ1) is 43.7. The van der Waals surface area contributed by atoms with Gasteiger partial charge in [0, 0.05) is 40.3 Å². The Morgan fingerprint density at radius 1 is 0.250 bits per heavy atom. The second-order valence-electron chi connectivity index (χ2n) is 20.8. The van der Waals surface area contributed by atoms with Crippen molar-refractivity contribution in [1.82, 2.24) is 0 Å². The number of rotatable bonds is 6. The van der Waals surface area contributed by atoms with Crippen molar-refractivity contribution < 1.29 is 0 Å². The van der Waals surface area contributed by atoms with Gasteiger partial charge in [0.25, 0.3) is 0 Å². The Kier molecular flexibility index (Phi) is 10.0. The van der Waals surface area contributed by atoms with Crippen molar-refractivity contribution >= 4 is 134 Å². The van der Waals surface area contributed by atoms with Crippen molar-refractivity contribution in [2.75, 3.05) is 0 Å². The van der Waals surface area contributed by atoms with E-state index in [0.717, 1.165) is 25.7 Å². The normalized spacial score (nSPS) is 14.0. The van der Waals surface area contributed by atoms with Crippen LogP contribution in [0, 0.1) is 0 Å². The van der Waals surface area contributed by atoms with Gasteiger partial charge in [-0.25, -0.2) is 0 Å². The predicted octanol–water partition coefficient (Wildman–Crippen LogP) is 22.2. The lowest BCUT2D eigenvalue weighted by Gasteiger charge is -2.21. The molecule has 2 heteroatoms. The summed E-state index contributed by atoms with van der Waals surface area (Å²) in [5, 5.41) is 18.6. The molecule has 2 aromatic heterocycles. The molecule has 0 radical (unpaired) electrons. The van der Waals surface area contributed by atoms with Crippen LogP contribution in [0.4, 0.5) is 0 Å². The molecule has 2 aliphatic rings. The van der Waals surface area contributed by atoms with Crippen molar-refractivity contribution in [2.45, 2.75) is 25.7 Å². The van der Waals surface area contributed by atoms with Gasteiger partial charge in [0.05, 0.1) is 0 Å². The van der Waals surface area contributed by atoms with Gasteiger partial charge in [-0.05, 0) is 171 Å². The zero-order valence-electron chi connectivity index (χ0n) is 41.7. The van der Waals surface area contributed by atoms with Crippen molar-refractivity contribution in [3.8, 4) is 33.4 Å². The van der Waals surface area contributed by atoms with E-state index < -0.39 is 0 Å². The molecule has 14 aromatic rings. The van der Waals surface area contributed by atoms with Crippen molar-refractivity contribution in [1.29, 1.82) is 0 Å². The molecule has 12 aromatic carbocycles. The topological polar surface area (TPSA) is 0 Å². The summed E-state index contributed by atoms with van der Waals surface area (Å²) < 4.78 is 5.36. The van der Waals surface area contributed by atoms with Crippen molar-refractivity contribution in [2.24, 2.45) is 0 Å². The standard InChI is InChI=1S/C74H48S2/c1-3-15-47(16-4-1)69-53-19-7-11-23-57(53)71(58-24-12-8-20-54(58)69)49-31-27-45(28-32-49)51-35-37-63-67(43-51)75-65-41-39-62-61(73(63)65)40-42-66-74(62)64-38-36-52(44-68(64)76-66)46-29-33-50(34-30-46)72-59-25-13-9-21-55(59)70(48-17-5-2-6-18-48)56-22-10-14-26-60(56)72/h1-5,7-17,19-27,29-31,33-44H,6,18,28,32H2. The molecule has 0 atom stereocenters. The van der Waals surface area contributed by atoms with Crippen LogP contribution in [0.3, 0.4) is 0 Å². The van der Waals surface area contributed by atoms with Gasteiger partial charge in [0.15, 0.2) is 0 Å². The molecule has 0 saturated carbocycles. The Hall–Kier alpha value is -8.66. The molecule has 16 rings (SSSR count). The molecule has 0 unspecified atom stereocenters. The van der Waals surface area contributed by atoms with Gasteiger partial charge in [0.1, 0.15) is 0 Å². The van der Waals surface area contributed by atoms with Crippen LogP contribution < -0.4 is 0 Å². The first-order valence-electron chi connectivity index (χ1n) is 26.7. The maximum atomic E-state index is 2.46. The Morgan fingerprint density at radius 2 is 0.645 bits per heavy atom. The molecule has 76 heavy (non-hydrogen) atoms.